The van der Waals surface area contributed by atoms with Crippen LogP contribution in [0.4, 0.5) is 0 Å². The van der Waals surface area contributed by atoms with Crippen LogP contribution in [0, 0.1) is 12.8 Å². The maximum absolute atomic E-state index is 12.4. The standard InChI is InChI=1S/C17H21N3OS/c1-13-19-16(12-22-13)10-17(21)20-8-4-5-14(11-20)9-15-6-2-3-7-18-15/h2-3,6-7,12,14H,4-5,8-11H2,1H3. The van der Waals surface area contributed by atoms with Crippen molar-refractivity contribution in [2.75, 3.05) is 13.1 Å². The summed E-state index contributed by atoms with van der Waals surface area (Å²) >= 11 is 1.61. The Morgan fingerprint density at radius 1 is 1.41 bits per heavy atom. The van der Waals surface area contributed by atoms with Crippen molar-refractivity contribution >= 4 is 17.2 Å². The van der Waals surface area contributed by atoms with E-state index in [9.17, 15) is 4.79 Å². The van der Waals surface area contributed by atoms with Gasteiger partial charge in [0.2, 0.25) is 5.91 Å². The molecule has 1 fully saturated rings. The third kappa shape index (κ3) is 3.91. The number of likely N-dealkylation sites (tertiary alicyclic amines) is 1. The molecular formula is C17H21N3OS. The minimum absolute atomic E-state index is 0.205. The van der Waals surface area contributed by atoms with Crippen LogP contribution >= 0.6 is 11.3 Å². The van der Waals surface area contributed by atoms with Crippen LogP contribution < -0.4 is 0 Å². The second-order valence-electron chi connectivity index (χ2n) is 5.91. The highest BCUT2D eigenvalue weighted by molar-refractivity contribution is 7.09. The van der Waals surface area contributed by atoms with Gasteiger partial charge in [-0.2, -0.15) is 0 Å². The number of carbonyl (C=O) groups excluding carboxylic acids is 1. The van der Waals surface area contributed by atoms with Crippen LogP contribution in [-0.4, -0.2) is 33.9 Å². The van der Waals surface area contributed by atoms with Crippen molar-refractivity contribution in [2.45, 2.75) is 32.6 Å². The minimum atomic E-state index is 0.205. The van der Waals surface area contributed by atoms with Crippen LogP contribution in [-0.2, 0) is 17.6 Å². The van der Waals surface area contributed by atoms with E-state index in [4.69, 9.17) is 0 Å². The van der Waals surface area contributed by atoms with E-state index in [1.807, 2.05) is 35.5 Å². The molecule has 0 spiro atoms. The second-order valence-corrected chi connectivity index (χ2v) is 6.97. The molecule has 2 aromatic heterocycles. The second kappa shape index (κ2) is 7.01. The third-order valence-electron chi connectivity index (χ3n) is 4.09. The lowest BCUT2D eigenvalue weighted by Gasteiger charge is -2.32. The predicted molar refractivity (Wildman–Crippen MR) is 87.8 cm³/mol. The van der Waals surface area contributed by atoms with Gasteiger partial charge in [-0.15, -0.1) is 11.3 Å². The van der Waals surface area contributed by atoms with Crippen molar-refractivity contribution in [1.82, 2.24) is 14.9 Å². The summed E-state index contributed by atoms with van der Waals surface area (Å²) in [5.74, 6) is 0.723. The molecular weight excluding hydrogens is 294 g/mol. The van der Waals surface area contributed by atoms with Crippen molar-refractivity contribution in [1.29, 1.82) is 0 Å². The number of pyridine rings is 1. The Morgan fingerprint density at radius 2 is 2.32 bits per heavy atom. The molecule has 0 radical (unpaired) electrons. The molecule has 1 saturated heterocycles. The molecule has 1 unspecified atom stereocenters. The molecule has 2 aromatic rings. The van der Waals surface area contributed by atoms with Crippen LogP contribution in [0.3, 0.4) is 0 Å². The first-order chi connectivity index (χ1) is 10.7. The van der Waals surface area contributed by atoms with Gasteiger partial charge in [0.15, 0.2) is 0 Å². The van der Waals surface area contributed by atoms with Crippen LogP contribution in [0.25, 0.3) is 0 Å². The summed E-state index contributed by atoms with van der Waals surface area (Å²) in [6.45, 7) is 3.70. The molecule has 1 atom stereocenters. The Morgan fingerprint density at radius 3 is 3.05 bits per heavy atom. The summed E-state index contributed by atoms with van der Waals surface area (Å²) in [7, 11) is 0. The topological polar surface area (TPSA) is 46.1 Å². The van der Waals surface area contributed by atoms with Crippen molar-refractivity contribution in [3.05, 3.63) is 46.2 Å². The van der Waals surface area contributed by atoms with E-state index >= 15 is 0 Å². The van der Waals surface area contributed by atoms with E-state index in [0.717, 1.165) is 42.3 Å². The lowest BCUT2D eigenvalue weighted by atomic mass is 9.93. The van der Waals surface area contributed by atoms with Gasteiger partial charge in [0.05, 0.1) is 17.1 Å². The fourth-order valence-corrected chi connectivity index (χ4v) is 3.64. The molecule has 116 valence electrons. The first-order valence-corrected chi connectivity index (χ1v) is 8.67. The number of aryl methyl sites for hydroxylation is 1. The van der Waals surface area contributed by atoms with Crippen LogP contribution in [0.2, 0.25) is 0 Å². The van der Waals surface area contributed by atoms with Gasteiger partial charge in [0, 0.05) is 30.4 Å². The number of hydrogen-bond donors (Lipinski definition) is 0. The Balaban J connectivity index is 1.57. The number of piperidine rings is 1. The van der Waals surface area contributed by atoms with Crippen molar-refractivity contribution in [3.63, 3.8) is 0 Å². The van der Waals surface area contributed by atoms with E-state index in [2.05, 4.69) is 16.0 Å². The van der Waals surface area contributed by atoms with Crippen molar-refractivity contribution in [3.8, 4) is 0 Å². The van der Waals surface area contributed by atoms with Gasteiger partial charge in [-0.3, -0.25) is 9.78 Å². The average Bonchev–Trinajstić information content (AvgIpc) is 2.93. The zero-order valence-electron chi connectivity index (χ0n) is 12.9. The SMILES string of the molecule is Cc1nc(CC(=O)N2CCCC(Cc3ccccn3)C2)cs1. The summed E-state index contributed by atoms with van der Waals surface area (Å²) in [6.07, 6.45) is 5.49. The van der Waals surface area contributed by atoms with Crippen LogP contribution in [0.15, 0.2) is 29.8 Å². The molecule has 0 bridgehead atoms. The highest BCUT2D eigenvalue weighted by Gasteiger charge is 2.24. The summed E-state index contributed by atoms with van der Waals surface area (Å²) in [5.41, 5.74) is 2.02. The third-order valence-corrected chi connectivity index (χ3v) is 4.92. The summed E-state index contributed by atoms with van der Waals surface area (Å²) < 4.78 is 0. The van der Waals surface area contributed by atoms with Crippen LogP contribution in [0.1, 0.15) is 29.2 Å². The zero-order valence-corrected chi connectivity index (χ0v) is 13.7. The maximum Gasteiger partial charge on any atom is 0.228 e. The first kappa shape index (κ1) is 15.2. The predicted octanol–water partition coefficient (Wildman–Crippen LogP) is 2.87. The van der Waals surface area contributed by atoms with Gasteiger partial charge in [-0.25, -0.2) is 4.98 Å². The quantitative estimate of drug-likeness (QED) is 0.871. The summed E-state index contributed by atoms with van der Waals surface area (Å²) in [5, 5.41) is 3.01. The van der Waals surface area contributed by atoms with E-state index in [-0.39, 0.29) is 5.91 Å². The molecule has 3 heterocycles. The lowest BCUT2D eigenvalue weighted by Crippen LogP contribution is -2.41. The van der Waals surface area contributed by atoms with Gasteiger partial charge in [-0.05, 0) is 44.2 Å². The smallest absolute Gasteiger partial charge is 0.228 e. The van der Waals surface area contributed by atoms with Gasteiger partial charge < -0.3 is 4.90 Å². The minimum Gasteiger partial charge on any atom is -0.342 e. The number of nitrogens with zero attached hydrogens (tertiary/aromatic N) is 3. The number of carbonyl (C=O) groups is 1. The van der Waals surface area contributed by atoms with Crippen molar-refractivity contribution in [2.24, 2.45) is 5.92 Å². The molecule has 4 nitrogen and oxygen atoms in total. The fourth-order valence-electron chi connectivity index (χ4n) is 3.03. The fraction of sp³-hybridized carbons (Fsp3) is 0.471. The molecule has 0 aromatic carbocycles. The van der Waals surface area contributed by atoms with Crippen molar-refractivity contribution < 1.29 is 4.79 Å². The molecule has 22 heavy (non-hydrogen) atoms. The molecule has 1 amide bonds. The maximum atomic E-state index is 12.4. The molecule has 3 rings (SSSR count). The monoisotopic (exact) mass is 315 g/mol. The number of rotatable bonds is 4. The van der Waals surface area contributed by atoms with E-state index in [0.29, 0.717) is 12.3 Å². The van der Waals surface area contributed by atoms with Gasteiger partial charge in [-0.1, -0.05) is 6.07 Å². The Bertz CT molecular complexity index is 626. The zero-order chi connectivity index (χ0) is 15.4. The van der Waals surface area contributed by atoms with Gasteiger partial charge in [0.25, 0.3) is 0 Å². The Kier molecular flexibility index (Phi) is 4.83. The normalized spacial score (nSPS) is 18.4. The average molecular weight is 315 g/mol. The Hall–Kier alpha value is -1.75. The molecule has 0 aliphatic carbocycles. The van der Waals surface area contributed by atoms with E-state index in [1.165, 1.54) is 6.42 Å². The summed E-state index contributed by atoms with van der Waals surface area (Å²) in [6, 6.07) is 6.04. The van der Waals surface area contributed by atoms with E-state index < -0.39 is 0 Å². The largest absolute Gasteiger partial charge is 0.342 e. The first-order valence-electron chi connectivity index (χ1n) is 7.79. The molecule has 1 aliphatic rings. The number of hydrogen-bond acceptors (Lipinski definition) is 4. The lowest BCUT2D eigenvalue weighted by molar-refractivity contribution is -0.132. The summed E-state index contributed by atoms with van der Waals surface area (Å²) in [4.78, 5) is 23.2. The molecule has 5 heteroatoms. The Labute approximate surface area is 135 Å². The van der Waals surface area contributed by atoms with E-state index in [1.54, 1.807) is 11.3 Å². The van der Waals surface area contributed by atoms with Crippen LogP contribution in [0.5, 0.6) is 0 Å². The number of aromatic nitrogens is 2. The number of thiazole rings is 1. The molecule has 1 aliphatic heterocycles. The van der Waals surface area contributed by atoms with Gasteiger partial charge >= 0.3 is 0 Å². The number of amides is 1. The molecule has 0 saturated carbocycles. The molecule has 0 N–H and O–H groups in total. The van der Waals surface area contributed by atoms with Gasteiger partial charge in [0.1, 0.15) is 0 Å². The highest BCUT2D eigenvalue weighted by Crippen LogP contribution is 2.21. The highest BCUT2D eigenvalue weighted by atomic mass is 32.1.